The van der Waals surface area contributed by atoms with Gasteiger partial charge in [-0.2, -0.15) is 4.31 Å². The number of amides is 1. The van der Waals surface area contributed by atoms with Crippen molar-refractivity contribution in [1.82, 2.24) is 14.2 Å². The smallest absolute Gasteiger partial charge is 0.259 e. The molecule has 1 aromatic heterocycles. The maximum absolute atomic E-state index is 13.5. The van der Waals surface area contributed by atoms with E-state index in [1.54, 1.807) is 32.9 Å². The molecule has 206 valence electrons. The van der Waals surface area contributed by atoms with E-state index in [2.05, 4.69) is 16.8 Å². The Kier molecular flexibility index (Phi) is 9.05. The average Bonchev–Trinajstić information content (AvgIpc) is 2.88. The van der Waals surface area contributed by atoms with E-state index in [-0.39, 0.29) is 47.9 Å². The van der Waals surface area contributed by atoms with Crippen LogP contribution in [0.3, 0.4) is 0 Å². The zero-order valence-corrected chi connectivity index (χ0v) is 23.3. The number of aromatic nitrogens is 1. The molecule has 0 spiro atoms. The lowest BCUT2D eigenvalue weighted by molar-refractivity contribution is 0.0373. The molecule has 1 aromatic carbocycles. The Balaban J connectivity index is 1.98. The highest BCUT2D eigenvalue weighted by molar-refractivity contribution is 7.89. The van der Waals surface area contributed by atoms with Crippen LogP contribution >= 0.6 is 0 Å². The number of nitrogens with zero attached hydrogens (tertiary/aromatic N) is 3. The first kappa shape index (κ1) is 29.4. The van der Waals surface area contributed by atoms with Crippen molar-refractivity contribution in [2.75, 3.05) is 33.9 Å². The van der Waals surface area contributed by atoms with Gasteiger partial charge in [0.15, 0.2) is 0 Å². The van der Waals surface area contributed by atoms with Crippen LogP contribution in [0, 0.1) is 17.8 Å². The lowest BCUT2D eigenvalue weighted by atomic mass is 10.00. The molecule has 0 fully saturated rings. The van der Waals surface area contributed by atoms with E-state index in [0.29, 0.717) is 11.3 Å². The molecule has 2 N–H and O–H groups in total. The van der Waals surface area contributed by atoms with Crippen molar-refractivity contribution in [1.29, 1.82) is 0 Å². The first-order valence-electron chi connectivity index (χ1n) is 12.2. The molecule has 0 saturated carbocycles. The fourth-order valence-corrected chi connectivity index (χ4v) is 5.08. The van der Waals surface area contributed by atoms with Crippen molar-refractivity contribution in [2.24, 2.45) is 5.92 Å². The van der Waals surface area contributed by atoms with Crippen LogP contribution in [0.15, 0.2) is 41.4 Å². The van der Waals surface area contributed by atoms with Gasteiger partial charge in [0.05, 0.1) is 31.2 Å². The Morgan fingerprint density at radius 2 is 1.97 bits per heavy atom. The van der Waals surface area contributed by atoms with Gasteiger partial charge in [-0.25, -0.2) is 13.4 Å². The summed E-state index contributed by atoms with van der Waals surface area (Å²) in [7, 11) is -0.871. The van der Waals surface area contributed by atoms with Gasteiger partial charge in [0.2, 0.25) is 15.9 Å². The topological polar surface area (TPSA) is 130 Å². The highest BCUT2D eigenvalue weighted by atomic mass is 32.2. The van der Waals surface area contributed by atoms with Crippen molar-refractivity contribution >= 4 is 15.9 Å². The average molecular weight is 546 g/mol. The van der Waals surface area contributed by atoms with Crippen molar-refractivity contribution in [3.05, 3.63) is 47.7 Å². The number of benzene rings is 1. The van der Waals surface area contributed by atoms with Crippen LogP contribution in [0.1, 0.15) is 43.6 Å². The minimum atomic E-state index is -3.84. The van der Waals surface area contributed by atoms with Crippen LogP contribution in [0.5, 0.6) is 11.6 Å². The van der Waals surface area contributed by atoms with Crippen molar-refractivity contribution in [3.63, 3.8) is 0 Å². The number of rotatable bonds is 7. The van der Waals surface area contributed by atoms with E-state index < -0.39 is 27.8 Å². The fourth-order valence-electron chi connectivity index (χ4n) is 3.89. The number of carbonyl (C=O) groups is 1. The Morgan fingerprint density at radius 1 is 1.32 bits per heavy atom. The third kappa shape index (κ3) is 6.82. The summed E-state index contributed by atoms with van der Waals surface area (Å²) in [4.78, 5) is 19.5. The van der Waals surface area contributed by atoms with Crippen molar-refractivity contribution < 1.29 is 32.9 Å². The number of ether oxygens (including phenoxy) is 2. The molecule has 3 atom stereocenters. The molecular weight excluding hydrogens is 510 g/mol. The van der Waals surface area contributed by atoms with Crippen molar-refractivity contribution in [2.45, 2.75) is 50.3 Å². The van der Waals surface area contributed by atoms with Gasteiger partial charge in [-0.05, 0) is 51.1 Å². The van der Waals surface area contributed by atoms with Crippen molar-refractivity contribution in [3.8, 4) is 23.5 Å². The Morgan fingerprint density at radius 3 is 2.55 bits per heavy atom. The van der Waals surface area contributed by atoms with Crippen LogP contribution in [-0.2, 0) is 10.0 Å². The van der Waals surface area contributed by atoms with E-state index in [4.69, 9.17) is 9.47 Å². The number of carbonyl (C=O) groups excluding carboxylic acids is 1. The monoisotopic (exact) mass is 545 g/mol. The Bertz CT molecular complexity index is 1310. The minimum Gasteiger partial charge on any atom is -0.497 e. The summed E-state index contributed by atoms with van der Waals surface area (Å²) in [6.07, 6.45) is 0.778. The van der Waals surface area contributed by atoms with Crippen LogP contribution in [-0.4, -0.2) is 90.3 Å². The molecule has 1 aliphatic heterocycles. The summed E-state index contributed by atoms with van der Waals surface area (Å²) >= 11 is 0. The first-order chi connectivity index (χ1) is 17.8. The zero-order chi connectivity index (χ0) is 28.3. The molecule has 0 aliphatic carbocycles. The van der Waals surface area contributed by atoms with Crippen LogP contribution in [0.4, 0.5) is 0 Å². The second-order valence-corrected chi connectivity index (χ2v) is 12.0. The minimum absolute atomic E-state index is 0.00750. The second kappa shape index (κ2) is 11.7. The van der Waals surface area contributed by atoms with E-state index in [1.165, 1.54) is 47.8 Å². The lowest BCUT2D eigenvalue weighted by Gasteiger charge is -2.37. The molecular formula is C27H35N3O7S. The lowest BCUT2D eigenvalue weighted by Crippen LogP contribution is -2.50. The number of aliphatic hydroxyl groups is 2. The van der Waals surface area contributed by atoms with Crippen LogP contribution < -0.4 is 9.47 Å². The maximum Gasteiger partial charge on any atom is 0.259 e. The largest absolute Gasteiger partial charge is 0.497 e. The summed E-state index contributed by atoms with van der Waals surface area (Å²) in [5.41, 5.74) is -0.683. The highest BCUT2D eigenvalue weighted by Gasteiger charge is 2.36. The summed E-state index contributed by atoms with van der Waals surface area (Å²) in [6, 6.07) is 7.14. The van der Waals surface area contributed by atoms with Gasteiger partial charge in [0.25, 0.3) is 5.91 Å². The molecule has 10 nitrogen and oxygen atoms in total. The molecule has 1 aliphatic rings. The molecule has 2 heterocycles. The standard InChI is InChI=1S/C27H35N3O7S/c1-18-15-30(19(2)17-31)26(32)23-13-20(11-12-27(3,4)33)14-28-25(23)37-24(18)16-29(5)38(34,35)22-9-7-21(36-6)8-10-22/h7-10,13-14,18-19,24,31,33H,15-17H2,1-6H3/t18-,19+,24-/m0/s1. The third-order valence-electron chi connectivity index (χ3n) is 6.24. The number of pyridine rings is 1. The Labute approximate surface area is 224 Å². The molecule has 11 heteroatoms. The normalized spacial score (nSPS) is 19.0. The molecule has 38 heavy (non-hydrogen) atoms. The van der Waals surface area contributed by atoms with Gasteiger partial charge in [0, 0.05) is 31.3 Å². The second-order valence-electron chi connectivity index (χ2n) is 9.97. The number of fused-ring (bicyclic) bond motifs is 1. The number of likely N-dealkylation sites (N-methyl/N-ethyl adjacent to an activating group) is 1. The fraction of sp³-hybridized carbons (Fsp3) is 0.481. The first-order valence-corrected chi connectivity index (χ1v) is 13.6. The molecule has 0 bridgehead atoms. The van der Waals surface area contributed by atoms with E-state index in [1.807, 2.05) is 6.92 Å². The predicted molar refractivity (Wildman–Crippen MR) is 141 cm³/mol. The molecule has 0 radical (unpaired) electrons. The van der Waals surface area contributed by atoms with Gasteiger partial charge < -0.3 is 24.6 Å². The van der Waals surface area contributed by atoms with Gasteiger partial charge in [-0.1, -0.05) is 18.8 Å². The van der Waals surface area contributed by atoms with E-state index in [0.717, 1.165) is 0 Å². The molecule has 3 rings (SSSR count). The van der Waals surface area contributed by atoms with E-state index >= 15 is 0 Å². The third-order valence-corrected chi connectivity index (χ3v) is 8.08. The summed E-state index contributed by atoms with van der Waals surface area (Å²) in [5, 5.41) is 19.8. The van der Waals surface area contributed by atoms with Gasteiger partial charge in [-0.3, -0.25) is 4.79 Å². The quantitative estimate of drug-likeness (QED) is 0.504. The SMILES string of the molecule is COc1ccc(S(=O)(=O)N(C)C[C@@H]2Oc3ncc(C#CC(C)(C)O)cc3C(=O)N([C@H](C)CO)C[C@@H]2C)cc1. The summed E-state index contributed by atoms with van der Waals surface area (Å²) < 4.78 is 39.0. The van der Waals surface area contributed by atoms with Gasteiger partial charge in [0.1, 0.15) is 23.0 Å². The molecule has 0 unspecified atom stereocenters. The number of aliphatic hydroxyl groups excluding tert-OH is 1. The highest BCUT2D eigenvalue weighted by Crippen LogP contribution is 2.28. The molecule has 1 amide bonds. The van der Waals surface area contributed by atoms with Crippen LogP contribution in [0.25, 0.3) is 0 Å². The van der Waals surface area contributed by atoms with E-state index in [9.17, 15) is 23.4 Å². The predicted octanol–water partition coefficient (Wildman–Crippen LogP) is 1.75. The summed E-state index contributed by atoms with van der Waals surface area (Å²) in [5.74, 6) is 5.41. The summed E-state index contributed by atoms with van der Waals surface area (Å²) in [6.45, 7) is 6.64. The number of hydrogen-bond acceptors (Lipinski definition) is 8. The zero-order valence-electron chi connectivity index (χ0n) is 22.5. The van der Waals surface area contributed by atoms with Gasteiger partial charge in [-0.15, -0.1) is 0 Å². The maximum atomic E-state index is 13.5. The van der Waals surface area contributed by atoms with Crippen LogP contribution in [0.2, 0.25) is 0 Å². The Hall–Kier alpha value is -3.17. The number of methoxy groups -OCH3 is 1. The molecule has 0 saturated heterocycles. The molecule has 2 aromatic rings. The number of hydrogen-bond donors (Lipinski definition) is 2. The van der Waals surface area contributed by atoms with Gasteiger partial charge >= 0.3 is 0 Å². The number of sulfonamides is 1.